The molecule has 0 aliphatic heterocycles. The van der Waals surface area contributed by atoms with Crippen molar-refractivity contribution < 1.29 is 17.9 Å². The normalized spacial score (nSPS) is 12.5. The van der Waals surface area contributed by atoms with Gasteiger partial charge in [-0.1, -0.05) is 12.1 Å². The van der Waals surface area contributed by atoms with Crippen LogP contribution in [0.4, 0.5) is 5.69 Å². The Morgan fingerprint density at radius 2 is 1.69 bits per heavy atom. The molecule has 26 heavy (non-hydrogen) atoms. The number of anilines is 1. The minimum absolute atomic E-state index is 0.0220. The number of hydrogen-bond donors (Lipinski definition) is 2. The van der Waals surface area contributed by atoms with Crippen LogP contribution in [0.2, 0.25) is 0 Å². The molecule has 0 aliphatic carbocycles. The molecule has 0 fully saturated rings. The zero-order valence-corrected chi connectivity index (χ0v) is 16.1. The number of rotatable bonds is 7. The number of benzene rings is 2. The first-order valence-electron chi connectivity index (χ1n) is 8.34. The van der Waals surface area contributed by atoms with Crippen LogP contribution in [-0.2, 0) is 14.8 Å². The Bertz CT molecular complexity index is 861. The number of nitrogens with one attached hydrogen (secondary N) is 2. The summed E-state index contributed by atoms with van der Waals surface area (Å²) in [5.41, 5.74) is 1.46. The van der Waals surface area contributed by atoms with Gasteiger partial charge in [0.15, 0.2) is 6.10 Å². The molecule has 0 aliphatic rings. The summed E-state index contributed by atoms with van der Waals surface area (Å²) in [6, 6.07) is 13.1. The number of carbonyl (C=O) groups excluding carboxylic acids is 1. The van der Waals surface area contributed by atoms with Gasteiger partial charge in [0.1, 0.15) is 5.75 Å². The van der Waals surface area contributed by atoms with Crippen molar-refractivity contribution in [3.8, 4) is 5.75 Å². The van der Waals surface area contributed by atoms with Gasteiger partial charge in [0.05, 0.1) is 4.90 Å². The van der Waals surface area contributed by atoms with E-state index >= 15 is 0 Å². The molecule has 7 heteroatoms. The Hall–Kier alpha value is -2.54. The van der Waals surface area contributed by atoms with Gasteiger partial charge in [-0.25, -0.2) is 8.42 Å². The standard InChI is InChI=1S/C19H24N2O4S/c1-13(2)20-19(22)15(4)25-17-8-10-18(11-9-17)26(23,24)21-16-7-5-6-14(3)12-16/h5-13,15,21H,1-4H3,(H,20,22)/t15-/m0/s1. The van der Waals surface area contributed by atoms with Crippen LogP contribution >= 0.6 is 0 Å². The van der Waals surface area contributed by atoms with Gasteiger partial charge in [0, 0.05) is 11.7 Å². The smallest absolute Gasteiger partial charge is 0.261 e. The average molecular weight is 376 g/mol. The van der Waals surface area contributed by atoms with E-state index in [0.29, 0.717) is 11.4 Å². The lowest BCUT2D eigenvalue weighted by molar-refractivity contribution is -0.127. The van der Waals surface area contributed by atoms with Crippen molar-refractivity contribution in [1.29, 1.82) is 0 Å². The van der Waals surface area contributed by atoms with Crippen molar-refractivity contribution in [2.75, 3.05) is 4.72 Å². The monoisotopic (exact) mass is 376 g/mol. The van der Waals surface area contributed by atoms with Gasteiger partial charge in [0.2, 0.25) is 0 Å². The summed E-state index contributed by atoms with van der Waals surface area (Å²) in [4.78, 5) is 12.0. The van der Waals surface area contributed by atoms with Crippen LogP contribution in [0.1, 0.15) is 26.3 Å². The van der Waals surface area contributed by atoms with Crippen LogP contribution in [0.25, 0.3) is 0 Å². The number of sulfonamides is 1. The maximum atomic E-state index is 12.5. The minimum atomic E-state index is -3.69. The number of ether oxygens (including phenoxy) is 1. The van der Waals surface area contributed by atoms with Crippen molar-refractivity contribution >= 4 is 21.6 Å². The SMILES string of the molecule is Cc1cccc(NS(=O)(=O)c2ccc(O[C@@H](C)C(=O)NC(C)C)cc2)c1. The maximum Gasteiger partial charge on any atom is 0.261 e. The highest BCUT2D eigenvalue weighted by Gasteiger charge is 2.17. The van der Waals surface area contributed by atoms with Crippen LogP contribution in [0.15, 0.2) is 53.4 Å². The second-order valence-corrected chi connectivity index (χ2v) is 8.05. The molecule has 2 rings (SSSR count). The molecular weight excluding hydrogens is 352 g/mol. The van der Waals surface area contributed by atoms with Crippen LogP contribution in [0.5, 0.6) is 5.75 Å². The molecule has 0 radical (unpaired) electrons. The molecule has 0 saturated carbocycles. The van der Waals surface area contributed by atoms with Gasteiger partial charge in [-0.3, -0.25) is 9.52 Å². The first kappa shape index (κ1) is 19.8. The second kappa shape index (κ2) is 8.23. The quantitative estimate of drug-likeness (QED) is 0.778. The molecule has 1 amide bonds. The molecule has 0 spiro atoms. The van der Waals surface area contributed by atoms with E-state index in [2.05, 4.69) is 10.0 Å². The van der Waals surface area contributed by atoms with Gasteiger partial charge in [-0.2, -0.15) is 0 Å². The molecule has 0 saturated heterocycles. The number of hydrogen-bond acceptors (Lipinski definition) is 4. The first-order valence-corrected chi connectivity index (χ1v) is 9.82. The Kier molecular flexibility index (Phi) is 6.26. The summed E-state index contributed by atoms with van der Waals surface area (Å²) in [7, 11) is -3.69. The molecule has 0 bridgehead atoms. The Labute approximate surface area is 154 Å². The fourth-order valence-corrected chi connectivity index (χ4v) is 3.33. The van der Waals surface area contributed by atoms with Gasteiger partial charge in [0.25, 0.3) is 15.9 Å². The molecule has 2 N–H and O–H groups in total. The summed E-state index contributed by atoms with van der Waals surface area (Å²) in [6.45, 7) is 7.26. The Morgan fingerprint density at radius 3 is 2.27 bits per heavy atom. The van der Waals surface area contributed by atoms with Crippen molar-refractivity contribution in [1.82, 2.24) is 5.32 Å². The van der Waals surface area contributed by atoms with Crippen molar-refractivity contribution in [3.63, 3.8) is 0 Å². The third-order valence-corrected chi connectivity index (χ3v) is 4.91. The molecule has 0 unspecified atom stereocenters. The summed E-state index contributed by atoms with van der Waals surface area (Å²) in [5.74, 6) is 0.198. The molecule has 140 valence electrons. The molecule has 1 atom stereocenters. The molecular formula is C19H24N2O4S. The number of aryl methyl sites for hydroxylation is 1. The lowest BCUT2D eigenvalue weighted by Crippen LogP contribution is -2.40. The molecule has 0 aromatic heterocycles. The van der Waals surface area contributed by atoms with E-state index in [4.69, 9.17) is 4.74 Å². The predicted octanol–water partition coefficient (Wildman–Crippen LogP) is 3.09. The first-order chi connectivity index (χ1) is 12.2. The van der Waals surface area contributed by atoms with E-state index in [1.54, 1.807) is 25.1 Å². The molecule has 6 nitrogen and oxygen atoms in total. The predicted molar refractivity (Wildman–Crippen MR) is 102 cm³/mol. The lowest BCUT2D eigenvalue weighted by atomic mass is 10.2. The van der Waals surface area contributed by atoms with Crippen LogP contribution < -0.4 is 14.8 Å². The van der Waals surface area contributed by atoms with Gasteiger partial charge >= 0.3 is 0 Å². The highest BCUT2D eigenvalue weighted by molar-refractivity contribution is 7.92. The fourth-order valence-electron chi connectivity index (χ4n) is 2.28. The van der Waals surface area contributed by atoms with Crippen LogP contribution in [-0.4, -0.2) is 26.5 Å². The van der Waals surface area contributed by atoms with E-state index in [1.807, 2.05) is 26.8 Å². The van der Waals surface area contributed by atoms with Gasteiger partial charge in [-0.05, 0) is 69.7 Å². The van der Waals surface area contributed by atoms with E-state index in [9.17, 15) is 13.2 Å². The highest BCUT2D eigenvalue weighted by Crippen LogP contribution is 2.20. The molecule has 0 heterocycles. The van der Waals surface area contributed by atoms with Crippen LogP contribution in [0.3, 0.4) is 0 Å². The fraction of sp³-hybridized carbons (Fsp3) is 0.316. The summed E-state index contributed by atoms with van der Waals surface area (Å²) in [5, 5.41) is 2.76. The van der Waals surface area contributed by atoms with Crippen molar-refractivity contribution in [2.24, 2.45) is 0 Å². The minimum Gasteiger partial charge on any atom is -0.481 e. The van der Waals surface area contributed by atoms with Crippen molar-refractivity contribution in [3.05, 3.63) is 54.1 Å². The number of carbonyl (C=O) groups is 1. The summed E-state index contributed by atoms with van der Waals surface area (Å²) < 4.78 is 33.0. The van der Waals surface area contributed by atoms with E-state index < -0.39 is 16.1 Å². The highest BCUT2D eigenvalue weighted by atomic mass is 32.2. The van der Waals surface area contributed by atoms with E-state index in [-0.39, 0.29) is 16.8 Å². The molecule has 2 aromatic carbocycles. The third kappa shape index (κ3) is 5.49. The van der Waals surface area contributed by atoms with Gasteiger partial charge < -0.3 is 10.1 Å². The second-order valence-electron chi connectivity index (χ2n) is 6.37. The number of amides is 1. The summed E-state index contributed by atoms with van der Waals surface area (Å²) in [6.07, 6.45) is -0.676. The van der Waals surface area contributed by atoms with Gasteiger partial charge in [-0.15, -0.1) is 0 Å². The maximum absolute atomic E-state index is 12.5. The van der Waals surface area contributed by atoms with E-state index in [1.165, 1.54) is 24.3 Å². The third-order valence-electron chi connectivity index (χ3n) is 3.52. The zero-order chi connectivity index (χ0) is 19.3. The average Bonchev–Trinajstić information content (AvgIpc) is 2.54. The largest absolute Gasteiger partial charge is 0.481 e. The van der Waals surface area contributed by atoms with Crippen LogP contribution in [0, 0.1) is 6.92 Å². The van der Waals surface area contributed by atoms with E-state index in [0.717, 1.165) is 5.56 Å². The molecule has 2 aromatic rings. The Morgan fingerprint density at radius 1 is 1.04 bits per heavy atom. The Balaban J connectivity index is 2.07. The topological polar surface area (TPSA) is 84.5 Å². The van der Waals surface area contributed by atoms with Crippen molar-refractivity contribution in [2.45, 2.75) is 44.7 Å². The lowest BCUT2D eigenvalue weighted by Gasteiger charge is -2.16. The summed E-state index contributed by atoms with van der Waals surface area (Å²) >= 11 is 0. The zero-order valence-electron chi connectivity index (χ0n) is 15.3.